The topological polar surface area (TPSA) is 75.3 Å². The SMILES string of the molecule is O=C(Nc1ccc(NS(=O)(=O)c2c(Cl)cccc2Cl)cc1)C1CC1. The van der Waals surface area contributed by atoms with Crippen LogP contribution in [0.4, 0.5) is 11.4 Å². The standard InChI is InChI=1S/C16H14Cl2N2O3S/c17-13-2-1-3-14(18)15(13)24(22,23)20-12-8-6-11(7-9-12)19-16(21)10-4-5-10/h1-3,6-10,20H,4-5H2,(H,19,21). The monoisotopic (exact) mass is 384 g/mol. The second-order valence-electron chi connectivity index (χ2n) is 5.50. The molecule has 2 N–H and O–H groups in total. The summed E-state index contributed by atoms with van der Waals surface area (Å²) in [5.74, 6) is 0.0942. The third-order valence-corrected chi connectivity index (χ3v) is 5.88. The Hall–Kier alpha value is -1.76. The van der Waals surface area contributed by atoms with Crippen LogP contribution in [0.5, 0.6) is 0 Å². The molecule has 1 saturated carbocycles. The van der Waals surface area contributed by atoms with Crippen LogP contribution in [0.2, 0.25) is 10.0 Å². The summed E-state index contributed by atoms with van der Waals surface area (Å²) in [6.07, 6.45) is 1.84. The average molecular weight is 385 g/mol. The number of benzene rings is 2. The lowest BCUT2D eigenvalue weighted by Crippen LogP contribution is -2.15. The average Bonchev–Trinajstić information content (AvgIpc) is 3.33. The van der Waals surface area contributed by atoms with E-state index in [1.165, 1.54) is 12.1 Å². The molecule has 0 saturated heterocycles. The van der Waals surface area contributed by atoms with Crippen LogP contribution in [0.3, 0.4) is 0 Å². The van der Waals surface area contributed by atoms with E-state index in [1.54, 1.807) is 30.3 Å². The number of hydrogen-bond acceptors (Lipinski definition) is 3. The molecule has 3 rings (SSSR count). The molecule has 0 spiro atoms. The zero-order valence-electron chi connectivity index (χ0n) is 12.4. The molecule has 0 aromatic heterocycles. The predicted molar refractivity (Wildman–Crippen MR) is 95.1 cm³/mol. The van der Waals surface area contributed by atoms with Crippen LogP contribution in [-0.2, 0) is 14.8 Å². The van der Waals surface area contributed by atoms with Gasteiger partial charge >= 0.3 is 0 Å². The number of carbonyl (C=O) groups excluding carboxylic acids is 1. The van der Waals surface area contributed by atoms with Gasteiger partial charge in [0.2, 0.25) is 5.91 Å². The summed E-state index contributed by atoms with van der Waals surface area (Å²) in [6, 6.07) is 10.9. The van der Waals surface area contributed by atoms with Crippen molar-refractivity contribution in [3.05, 3.63) is 52.5 Å². The number of carbonyl (C=O) groups is 1. The van der Waals surface area contributed by atoms with Crippen molar-refractivity contribution in [1.29, 1.82) is 0 Å². The van der Waals surface area contributed by atoms with Gasteiger partial charge in [0.1, 0.15) is 4.90 Å². The van der Waals surface area contributed by atoms with Crippen LogP contribution in [0.1, 0.15) is 12.8 Å². The second-order valence-corrected chi connectivity index (χ2v) is 7.93. The third kappa shape index (κ3) is 3.83. The molecule has 8 heteroatoms. The minimum absolute atomic E-state index is 0.00817. The lowest BCUT2D eigenvalue weighted by atomic mass is 10.2. The first-order valence-electron chi connectivity index (χ1n) is 7.24. The van der Waals surface area contributed by atoms with E-state index < -0.39 is 10.0 Å². The Kier molecular flexibility index (Phi) is 4.71. The molecule has 0 unspecified atom stereocenters. The Morgan fingerprint density at radius 3 is 2.04 bits per heavy atom. The molecule has 1 aliphatic rings. The Balaban J connectivity index is 1.76. The van der Waals surface area contributed by atoms with Gasteiger partial charge in [-0.25, -0.2) is 8.42 Å². The molecular formula is C16H14Cl2N2O3S. The molecule has 126 valence electrons. The maximum atomic E-state index is 12.5. The zero-order chi connectivity index (χ0) is 17.3. The minimum Gasteiger partial charge on any atom is -0.326 e. The summed E-state index contributed by atoms with van der Waals surface area (Å²) in [6.45, 7) is 0. The molecule has 2 aromatic carbocycles. The highest BCUT2D eigenvalue weighted by Gasteiger charge is 2.29. The lowest BCUT2D eigenvalue weighted by molar-refractivity contribution is -0.117. The summed E-state index contributed by atoms with van der Waals surface area (Å²) in [5, 5.41) is 2.87. The largest absolute Gasteiger partial charge is 0.326 e. The van der Waals surface area contributed by atoms with Crippen molar-refractivity contribution in [3.63, 3.8) is 0 Å². The highest BCUT2D eigenvalue weighted by atomic mass is 35.5. The van der Waals surface area contributed by atoms with Crippen LogP contribution in [0.15, 0.2) is 47.4 Å². The van der Waals surface area contributed by atoms with Crippen LogP contribution in [0, 0.1) is 5.92 Å². The van der Waals surface area contributed by atoms with E-state index in [0.717, 1.165) is 12.8 Å². The van der Waals surface area contributed by atoms with E-state index in [-0.39, 0.29) is 26.8 Å². The Morgan fingerprint density at radius 2 is 1.50 bits per heavy atom. The number of amides is 1. The minimum atomic E-state index is -3.92. The quantitative estimate of drug-likeness (QED) is 0.812. The zero-order valence-corrected chi connectivity index (χ0v) is 14.8. The lowest BCUT2D eigenvalue weighted by Gasteiger charge is -2.11. The van der Waals surface area contributed by atoms with Gasteiger partial charge < -0.3 is 5.32 Å². The van der Waals surface area contributed by atoms with E-state index in [0.29, 0.717) is 11.4 Å². The normalized spacial score (nSPS) is 14.2. The highest BCUT2D eigenvalue weighted by molar-refractivity contribution is 7.93. The van der Waals surface area contributed by atoms with Crippen molar-refractivity contribution < 1.29 is 13.2 Å². The molecule has 1 amide bonds. The van der Waals surface area contributed by atoms with Crippen molar-refractivity contribution in [2.45, 2.75) is 17.7 Å². The first-order valence-corrected chi connectivity index (χ1v) is 9.48. The number of rotatable bonds is 5. The van der Waals surface area contributed by atoms with Crippen molar-refractivity contribution >= 4 is 50.5 Å². The van der Waals surface area contributed by atoms with Gasteiger partial charge in [-0.3, -0.25) is 9.52 Å². The predicted octanol–water partition coefficient (Wildman–Crippen LogP) is 4.14. The van der Waals surface area contributed by atoms with E-state index in [9.17, 15) is 13.2 Å². The third-order valence-electron chi connectivity index (χ3n) is 3.54. The maximum Gasteiger partial charge on any atom is 0.264 e. The Labute approximate surface area is 150 Å². The smallest absolute Gasteiger partial charge is 0.264 e. The van der Waals surface area contributed by atoms with Gasteiger partial charge in [-0.05, 0) is 49.2 Å². The molecule has 1 aliphatic carbocycles. The van der Waals surface area contributed by atoms with Crippen LogP contribution in [0.25, 0.3) is 0 Å². The number of hydrogen-bond donors (Lipinski definition) is 2. The highest BCUT2D eigenvalue weighted by Crippen LogP contribution is 2.32. The van der Waals surface area contributed by atoms with Gasteiger partial charge in [0.05, 0.1) is 10.0 Å². The first kappa shape index (κ1) is 17.1. The fourth-order valence-corrected chi connectivity index (χ4v) is 4.36. The van der Waals surface area contributed by atoms with Gasteiger partial charge in [0.25, 0.3) is 10.0 Å². The summed E-state index contributed by atoms with van der Waals surface area (Å²) in [4.78, 5) is 11.5. The van der Waals surface area contributed by atoms with Crippen molar-refractivity contribution in [2.24, 2.45) is 5.92 Å². The summed E-state index contributed by atoms with van der Waals surface area (Å²) >= 11 is 11.9. The van der Waals surface area contributed by atoms with Crippen LogP contribution >= 0.6 is 23.2 Å². The molecule has 2 aromatic rings. The Bertz CT molecular complexity index is 858. The van der Waals surface area contributed by atoms with Gasteiger partial charge in [0.15, 0.2) is 0 Å². The van der Waals surface area contributed by atoms with E-state index in [2.05, 4.69) is 10.0 Å². The fraction of sp³-hybridized carbons (Fsp3) is 0.188. The van der Waals surface area contributed by atoms with E-state index in [4.69, 9.17) is 23.2 Å². The van der Waals surface area contributed by atoms with Crippen LogP contribution < -0.4 is 10.0 Å². The van der Waals surface area contributed by atoms with Crippen molar-refractivity contribution in [3.8, 4) is 0 Å². The van der Waals surface area contributed by atoms with Gasteiger partial charge in [0, 0.05) is 17.3 Å². The van der Waals surface area contributed by atoms with Gasteiger partial charge in [-0.15, -0.1) is 0 Å². The second kappa shape index (κ2) is 6.63. The van der Waals surface area contributed by atoms with Crippen molar-refractivity contribution in [2.75, 3.05) is 10.0 Å². The van der Waals surface area contributed by atoms with E-state index in [1.807, 2.05) is 0 Å². The van der Waals surface area contributed by atoms with Crippen molar-refractivity contribution in [1.82, 2.24) is 0 Å². The fourth-order valence-electron chi connectivity index (χ4n) is 2.16. The molecule has 0 heterocycles. The summed E-state index contributed by atoms with van der Waals surface area (Å²) < 4.78 is 27.3. The summed E-state index contributed by atoms with van der Waals surface area (Å²) in [5.41, 5.74) is 0.959. The molecule has 0 bridgehead atoms. The maximum absolute atomic E-state index is 12.5. The number of sulfonamides is 1. The summed E-state index contributed by atoms with van der Waals surface area (Å²) in [7, 11) is -3.92. The first-order chi connectivity index (χ1) is 11.4. The Morgan fingerprint density at radius 1 is 0.958 bits per heavy atom. The molecule has 0 atom stereocenters. The van der Waals surface area contributed by atoms with Crippen LogP contribution in [-0.4, -0.2) is 14.3 Å². The molecule has 1 fully saturated rings. The van der Waals surface area contributed by atoms with E-state index >= 15 is 0 Å². The number of nitrogens with one attached hydrogen (secondary N) is 2. The number of halogens is 2. The van der Waals surface area contributed by atoms with Gasteiger partial charge in [-0.2, -0.15) is 0 Å². The number of anilines is 2. The van der Waals surface area contributed by atoms with Gasteiger partial charge in [-0.1, -0.05) is 29.3 Å². The molecular weight excluding hydrogens is 371 g/mol. The molecule has 0 aliphatic heterocycles. The molecule has 5 nitrogen and oxygen atoms in total. The molecule has 0 radical (unpaired) electrons. The molecule has 24 heavy (non-hydrogen) atoms.